The highest BCUT2D eigenvalue weighted by molar-refractivity contribution is 6.06. The zero-order valence-corrected chi connectivity index (χ0v) is 25.6. The van der Waals surface area contributed by atoms with Crippen LogP contribution in [0.15, 0.2) is 73.1 Å². The van der Waals surface area contributed by atoms with E-state index in [1.165, 1.54) is 0 Å². The van der Waals surface area contributed by atoms with E-state index in [0.29, 0.717) is 60.0 Å². The number of ether oxygens (including phenoxy) is 3. The molecule has 4 heterocycles. The van der Waals surface area contributed by atoms with Crippen molar-refractivity contribution in [3.05, 3.63) is 84.4 Å². The summed E-state index contributed by atoms with van der Waals surface area (Å²) in [5.41, 5.74) is 3.61. The second-order valence-electron chi connectivity index (χ2n) is 10.1. The van der Waals surface area contributed by atoms with Crippen LogP contribution < -0.4 is 9.47 Å². The lowest BCUT2D eigenvalue weighted by atomic mass is 10.1. The van der Waals surface area contributed by atoms with Crippen LogP contribution in [0.25, 0.3) is 43.6 Å². The number of benzene rings is 2. The average molecular weight is 606 g/mol. The van der Waals surface area contributed by atoms with Crippen LogP contribution in [0.5, 0.6) is 11.5 Å². The minimum atomic E-state index is 0.327. The molecule has 0 amide bonds. The van der Waals surface area contributed by atoms with Crippen LogP contribution in [0.3, 0.4) is 0 Å². The molecule has 0 aliphatic carbocycles. The van der Waals surface area contributed by atoms with E-state index in [0.717, 1.165) is 58.5 Å². The number of hydrogen-bond donors (Lipinski definition) is 0. The predicted molar refractivity (Wildman–Crippen MR) is 176 cm³/mol. The standard InChI is InChI=1S/C19H21N3O2.C16H14N2O3/c1-3-22(4-2)10-11-24-17-12-15(13-23)21-19-16(17)8-7-14-6-5-9-20-18(14)19;1-20-7-8-21-14-9-12(10-19)18-16-13(14)5-4-11-3-2-6-17-15(11)16/h5-9,12-13H,3-4,10-11H2,1-2H3;2-6,9-10H,7-8H2,1H3. The van der Waals surface area contributed by atoms with E-state index in [9.17, 15) is 9.59 Å². The monoisotopic (exact) mass is 605 g/mol. The summed E-state index contributed by atoms with van der Waals surface area (Å²) in [5, 5.41) is 3.69. The molecular weight excluding hydrogens is 570 g/mol. The van der Waals surface area contributed by atoms with E-state index in [2.05, 4.69) is 38.7 Å². The molecule has 0 aliphatic rings. The Kier molecular flexibility index (Phi) is 10.5. The molecule has 230 valence electrons. The van der Waals surface area contributed by atoms with Crippen LogP contribution in [-0.2, 0) is 4.74 Å². The molecule has 0 atom stereocenters. The van der Waals surface area contributed by atoms with E-state index in [-0.39, 0.29) is 0 Å². The fourth-order valence-corrected chi connectivity index (χ4v) is 5.05. The van der Waals surface area contributed by atoms with Gasteiger partial charge in [0.05, 0.1) is 17.6 Å². The smallest absolute Gasteiger partial charge is 0.168 e. The number of aldehydes is 2. The van der Waals surface area contributed by atoms with Gasteiger partial charge in [-0.15, -0.1) is 0 Å². The highest BCUT2D eigenvalue weighted by atomic mass is 16.5. The molecule has 0 N–H and O–H groups in total. The Morgan fingerprint density at radius 2 is 1.18 bits per heavy atom. The van der Waals surface area contributed by atoms with Gasteiger partial charge in [-0.1, -0.05) is 38.1 Å². The summed E-state index contributed by atoms with van der Waals surface area (Å²) in [7, 11) is 1.61. The molecular formula is C35H35N5O5. The van der Waals surface area contributed by atoms with Crippen molar-refractivity contribution in [1.82, 2.24) is 24.8 Å². The SMILES string of the molecule is CCN(CC)CCOc1cc(C=O)nc2c1ccc1cccnc12.COCCOc1cc(C=O)nc2c1ccc1cccnc12. The third-order valence-corrected chi connectivity index (χ3v) is 7.41. The Morgan fingerprint density at radius 1 is 0.667 bits per heavy atom. The van der Waals surface area contributed by atoms with Crippen molar-refractivity contribution in [2.75, 3.05) is 46.6 Å². The van der Waals surface area contributed by atoms with Gasteiger partial charge in [-0.25, -0.2) is 9.97 Å². The quantitative estimate of drug-likeness (QED) is 0.0943. The van der Waals surface area contributed by atoms with Gasteiger partial charge in [0, 0.05) is 59.7 Å². The van der Waals surface area contributed by atoms with Crippen LogP contribution in [0.2, 0.25) is 0 Å². The summed E-state index contributed by atoms with van der Waals surface area (Å²) in [6, 6.07) is 18.9. The number of aromatic nitrogens is 4. The predicted octanol–water partition coefficient (Wildman–Crippen LogP) is 5.94. The van der Waals surface area contributed by atoms with Gasteiger partial charge in [-0.05, 0) is 37.4 Å². The second kappa shape index (κ2) is 15.1. The molecule has 0 fully saturated rings. The number of methoxy groups -OCH3 is 1. The number of hydrogen-bond acceptors (Lipinski definition) is 10. The van der Waals surface area contributed by atoms with E-state index >= 15 is 0 Å². The van der Waals surface area contributed by atoms with Gasteiger partial charge in [0.1, 0.15) is 47.1 Å². The van der Waals surface area contributed by atoms with Crippen molar-refractivity contribution in [2.45, 2.75) is 13.8 Å². The summed E-state index contributed by atoms with van der Waals surface area (Å²) in [4.78, 5) is 42.3. The van der Waals surface area contributed by atoms with Crippen LogP contribution in [0.4, 0.5) is 0 Å². The maximum atomic E-state index is 11.3. The maximum Gasteiger partial charge on any atom is 0.168 e. The Bertz CT molecular complexity index is 1940. The maximum absolute atomic E-state index is 11.3. The normalized spacial score (nSPS) is 11.1. The van der Waals surface area contributed by atoms with Crippen LogP contribution in [0.1, 0.15) is 34.8 Å². The van der Waals surface area contributed by atoms with Crippen molar-refractivity contribution in [3.63, 3.8) is 0 Å². The molecule has 10 nitrogen and oxygen atoms in total. The van der Waals surface area contributed by atoms with Gasteiger partial charge >= 0.3 is 0 Å². The van der Waals surface area contributed by atoms with Crippen molar-refractivity contribution in [1.29, 1.82) is 0 Å². The summed E-state index contributed by atoms with van der Waals surface area (Å²) in [6.07, 6.45) is 4.91. The number of fused-ring (bicyclic) bond motifs is 6. The van der Waals surface area contributed by atoms with Crippen molar-refractivity contribution in [3.8, 4) is 11.5 Å². The Hall–Kier alpha value is -5.06. The number of carbonyl (C=O) groups excluding carboxylic acids is 2. The van der Waals surface area contributed by atoms with E-state index in [1.807, 2.05) is 48.5 Å². The van der Waals surface area contributed by atoms with Gasteiger partial charge in [0.2, 0.25) is 0 Å². The molecule has 10 heteroatoms. The van der Waals surface area contributed by atoms with Crippen molar-refractivity contribution >= 4 is 56.2 Å². The topological polar surface area (TPSA) is 117 Å². The lowest BCUT2D eigenvalue weighted by molar-refractivity contribution is 0.111. The van der Waals surface area contributed by atoms with Gasteiger partial charge in [-0.3, -0.25) is 19.6 Å². The Balaban J connectivity index is 0.000000179. The molecule has 0 aliphatic heterocycles. The molecule has 0 saturated heterocycles. The zero-order chi connectivity index (χ0) is 31.6. The molecule has 4 aromatic heterocycles. The zero-order valence-electron chi connectivity index (χ0n) is 25.6. The summed E-state index contributed by atoms with van der Waals surface area (Å²) in [5.74, 6) is 1.30. The lowest BCUT2D eigenvalue weighted by Crippen LogP contribution is -2.27. The molecule has 0 unspecified atom stereocenters. The average Bonchev–Trinajstić information content (AvgIpc) is 3.10. The van der Waals surface area contributed by atoms with Crippen molar-refractivity contribution < 1.29 is 23.8 Å². The first-order chi connectivity index (χ1) is 22.1. The molecule has 0 spiro atoms. The number of nitrogens with zero attached hydrogens (tertiary/aromatic N) is 5. The molecule has 6 rings (SSSR count). The lowest BCUT2D eigenvalue weighted by Gasteiger charge is -2.18. The molecule has 0 saturated carbocycles. The van der Waals surface area contributed by atoms with Gasteiger partial charge in [0.25, 0.3) is 0 Å². The van der Waals surface area contributed by atoms with Crippen LogP contribution in [0, 0.1) is 0 Å². The number of carbonyl (C=O) groups is 2. The Labute approximate surface area is 261 Å². The van der Waals surface area contributed by atoms with E-state index in [4.69, 9.17) is 14.2 Å². The van der Waals surface area contributed by atoms with Crippen molar-refractivity contribution in [2.24, 2.45) is 0 Å². The number of rotatable bonds is 12. The highest BCUT2D eigenvalue weighted by Gasteiger charge is 2.12. The highest BCUT2D eigenvalue weighted by Crippen LogP contribution is 2.31. The van der Waals surface area contributed by atoms with E-state index < -0.39 is 0 Å². The largest absolute Gasteiger partial charge is 0.491 e. The number of likely N-dealkylation sites (N-methyl/N-ethyl adjacent to an activating group) is 1. The first-order valence-corrected chi connectivity index (χ1v) is 14.8. The fourth-order valence-electron chi connectivity index (χ4n) is 5.05. The number of pyridine rings is 4. The van der Waals surface area contributed by atoms with E-state index in [1.54, 1.807) is 31.6 Å². The van der Waals surface area contributed by atoms with Crippen LogP contribution >= 0.6 is 0 Å². The third kappa shape index (κ3) is 7.19. The first-order valence-electron chi connectivity index (χ1n) is 14.8. The molecule has 45 heavy (non-hydrogen) atoms. The van der Waals surface area contributed by atoms with Gasteiger partial charge in [0.15, 0.2) is 12.6 Å². The molecule has 0 radical (unpaired) electrons. The molecule has 0 bridgehead atoms. The molecule has 2 aromatic carbocycles. The second-order valence-corrected chi connectivity index (χ2v) is 10.1. The van der Waals surface area contributed by atoms with Gasteiger partial charge < -0.3 is 19.1 Å². The first kappa shape index (κ1) is 31.4. The summed E-state index contributed by atoms with van der Waals surface area (Å²) >= 11 is 0. The van der Waals surface area contributed by atoms with Gasteiger partial charge in [-0.2, -0.15) is 0 Å². The van der Waals surface area contributed by atoms with Crippen LogP contribution in [-0.4, -0.2) is 84.0 Å². The minimum absolute atomic E-state index is 0.327. The molecule has 6 aromatic rings. The minimum Gasteiger partial charge on any atom is -0.491 e. The summed E-state index contributed by atoms with van der Waals surface area (Å²) < 4.78 is 16.7. The third-order valence-electron chi connectivity index (χ3n) is 7.41. The Morgan fingerprint density at radius 3 is 1.64 bits per heavy atom. The summed E-state index contributed by atoms with van der Waals surface area (Å²) in [6.45, 7) is 8.55. The fraction of sp³-hybridized carbons (Fsp3) is 0.257.